The van der Waals surface area contributed by atoms with Gasteiger partial charge in [0.2, 0.25) is 11.8 Å². The van der Waals surface area contributed by atoms with Gasteiger partial charge in [0, 0.05) is 6.54 Å². The first-order chi connectivity index (χ1) is 8.13. The largest absolute Gasteiger partial charge is 0.355 e. The van der Waals surface area contributed by atoms with Gasteiger partial charge in [-0.05, 0) is 17.8 Å². The quantitative estimate of drug-likeness (QED) is 0.653. The molecule has 0 rings (SSSR count). The molecule has 0 saturated heterocycles. The van der Waals surface area contributed by atoms with Gasteiger partial charge in [0.05, 0.1) is 12.6 Å². The second-order valence-corrected chi connectivity index (χ2v) is 6.15. The van der Waals surface area contributed by atoms with Gasteiger partial charge in [0.25, 0.3) is 0 Å². The molecule has 0 fully saturated rings. The Hall–Kier alpha value is -1.10. The van der Waals surface area contributed by atoms with Gasteiger partial charge < -0.3 is 16.4 Å². The molecule has 0 aromatic carbocycles. The van der Waals surface area contributed by atoms with E-state index in [0.717, 1.165) is 6.42 Å². The number of nitrogens with two attached hydrogens (primary N) is 1. The van der Waals surface area contributed by atoms with E-state index in [-0.39, 0.29) is 29.7 Å². The topological polar surface area (TPSA) is 84.2 Å². The van der Waals surface area contributed by atoms with Crippen LogP contribution in [0, 0.1) is 11.3 Å². The molecular formula is C13H27N3O2. The van der Waals surface area contributed by atoms with Crippen molar-refractivity contribution in [3.63, 3.8) is 0 Å². The number of hydrogen-bond acceptors (Lipinski definition) is 3. The summed E-state index contributed by atoms with van der Waals surface area (Å²) in [5, 5.41) is 5.30. The third-order valence-electron chi connectivity index (χ3n) is 2.64. The van der Waals surface area contributed by atoms with Crippen LogP contribution >= 0.6 is 0 Å². The Balaban J connectivity index is 3.81. The first kappa shape index (κ1) is 16.9. The first-order valence-corrected chi connectivity index (χ1v) is 6.43. The molecule has 0 saturated carbocycles. The van der Waals surface area contributed by atoms with Crippen LogP contribution in [0.3, 0.4) is 0 Å². The van der Waals surface area contributed by atoms with E-state index < -0.39 is 6.04 Å². The van der Waals surface area contributed by atoms with Gasteiger partial charge in [-0.15, -0.1) is 0 Å². The van der Waals surface area contributed by atoms with Crippen molar-refractivity contribution >= 4 is 11.8 Å². The van der Waals surface area contributed by atoms with Crippen molar-refractivity contribution in [3.05, 3.63) is 0 Å². The second-order valence-electron chi connectivity index (χ2n) is 6.15. The normalized spacial score (nSPS) is 13.3. The number of carbonyl (C=O) groups excluding carboxylic acids is 2. The van der Waals surface area contributed by atoms with Crippen molar-refractivity contribution in [2.24, 2.45) is 17.1 Å². The molecule has 0 aliphatic carbocycles. The second kappa shape index (κ2) is 7.36. The zero-order valence-corrected chi connectivity index (χ0v) is 12.2. The monoisotopic (exact) mass is 257 g/mol. The van der Waals surface area contributed by atoms with E-state index >= 15 is 0 Å². The van der Waals surface area contributed by atoms with Crippen LogP contribution in [0.1, 0.15) is 41.0 Å². The van der Waals surface area contributed by atoms with Crippen molar-refractivity contribution in [2.75, 3.05) is 13.1 Å². The zero-order valence-electron chi connectivity index (χ0n) is 12.2. The molecule has 18 heavy (non-hydrogen) atoms. The Bertz CT molecular complexity index is 282. The summed E-state index contributed by atoms with van der Waals surface area (Å²) in [4.78, 5) is 23.0. The Morgan fingerprint density at radius 2 is 1.72 bits per heavy atom. The summed E-state index contributed by atoms with van der Waals surface area (Å²) < 4.78 is 0. The SMILES string of the molecule is CC(C)[C@H](N)C(=O)NCC(=O)NCCC(C)(C)C. The van der Waals surface area contributed by atoms with Crippen LogP contribution in [0.2, 0.25) is 0 Å². The number of rotatable bonds is 6. The molecule has 0 heterocycles. The fourth-order valence-corrected chi connectivity index (χ4v) is 1.23. The highest BCUT2D eigenvalue weighted by atomic mass is 16.2. The van der Waals surface area contributed by atoms with Crippen molar-refractivity contribution in [3.8, 4) is 0 Å². The van der Waals surface area contributed by atoms with Crippen LogP contribution in [0.25, 0.3) is 0 Å². The molecule has 0 bridgehead atoms. The minimum absolute atomic E-state index is 0.0105. The van der Waals surface area contributed by atoms with E-state index in [1.54, 1.807) is 0 Å². The maximum atomic E-state index is 11.5. The molecular weight excluding hydrogens is 230 g/mol. The molecule has 0 aromatic heterocycles. The van der Waals surface area contributed by atoms with Crippen molar-refractivity contribution in [1.29, 1.82) is 0 Å². The number of carbonyl (C=O) groups is 2. The third-order valence-corrected chi connectivity index (χ3v) is 2.64. The minimum atomic E-state index is -0.563. The average Bonchev–Trinajstić information content (AvgIpc) is 2.22. The number of nitrogens with one attached hydrogen (secondary N) is 2. The molecule has 106 valence electrons. The van der Waals surface area contributed by atoms with Crippen LogP contribution < -0.4 is 16.4 Å². The summed E-state index contributed by atoms with van der Waals surface area (Å²) in [6, 6.07) is -0.563. The Morgan fingerprint density at radius 3 is 2.17 bits per heavy atom. The molecule has 4 N–H and O–H groups in total. The summed E-state index contributed by atoms with van der Waals surface area (Å²) in [5.74, 6) is -0.395. The van der Waals surface area contributed by atoms with E-state index in [4.69, 9.17) is 5.73 Å². The molecule has 2 amide bonds. The van der Waals surface area contributed by atoms with E-state index in [1.165, 1.54) is 0 Å². The third kappa shape index (κ3) is 8.06. The highest BCUT2D eigenvalue weighted by Gasteiger charge is 2.17. The van der Waals surface area contributed by atoms with Crippen LogP contribution in [0.5, 0.6) is 0 Å². The molecule has 1 atom stereocenters. The summed E-state index contributed by atoms with van der Waals surface area (Å²) >= 11 is 0. The molecule has 0 aliphatic rings. The summed E-state index contributed by atoms with van der Waals surface area (Å²) in [6.07, 6.45) is 0.901. The Kier molecular flexibility index (Phi) is 6.91. The Labute approximate surface area is 110 Å². The van der Waals surface area contributed by atoms with Gasteiger partial charge in [0.15, 0.2) is 0 Å². The minimum Gasteiger partial charge on any atom is -0.355 e. The number of amides is 2. The fourth-order valence-electron chi connectivity index (χ4n) is 1.23. The predicted octanol–water partition coefficient (Wildman–Crippen LogP) is 0.638. The molecule has 0 aromatic rings. The fraction of sp³-hybridized carbons (Fsp3) is 0.846. The van der Waals surface area contributed by atoms with E-state index in [2.05, 4.69) is 31.4 Å². The lowest BCUT2D eigenvalue weighted by atomic mass is 9.92. The maximum absolute atomic E-state index is 11.5. The van der Waals surface area contributed by atoms with Crippen LogP contribution in [0.4, 0.5) is 0 Å². The molecule has 5 nitrogen and oxygen atoms in total. The highest BCUT2D eigenvalue weighted by Crippen LogP contribution is 2.16. The van der Waals surface area contributed by atoms with Crippen molar-refractivity contribution in [2.45, 2.75) is 47.1 Å². The van der Waals surface area contributed by atoms with Gasteiger partial charge in [-0.25, -0.2) is 0 Å². The van der Waals surface area contributed by atoms with Crippen molar-refractivity contribution in [1.82, 2.24) is 10.6 Å². The lowest BCUT2D eigenvalue weighted by molar-refractivity contribution is -0.127. The maximum Gasteiger partial charge on any atom is 0.239 e. The zero-order chi connectivity index (χ0) is 14.3. The van der Waals surface area contributed by atoms with Crippen LogP contribution in [-0.4, -0.2) is 30.9 Å². The van der Waals surface area contributed by atoms with Gasteiger partial charge >= 0.3 is 0 Å². The predicted molar refractivity (Wildman–Crippen MR) is 72.9 cm³/mol. The standard InChI is InChI=1S/C13H27N3O2/c1-9(2)11(14)12(18)16-8-10(17)15-7-6-13(3,4)5/h9,11H,6-8,14H2,1-5H3,(H,15,17)(H,16,18)/t11-/m0/s1. The van der Waals surface area contributed by atoms with E-state index in [9.17, 15) is 9.59 Å². The van der Waals surface area contributed by atoms with Gasteiger partial charge in [-0.2, -0.15) is 0 Å². The molecule has 0 aliphatic heterocycles. The smallest absolute Gasteiger partial charge is 0.239 e. The van der Waals surface area contributed by atoms with Crippen LogP contribution in [-0.2, 0) is 9.59 Å². The lowest BCUT2D eigenvalue weighted by Gasteiger charge is -2.18. The summed E-state index contributed by atoms with van der Waals surface area (Å²) in [5.41, 5.74) is 5.85. The molecule has 0 radical (unpaired) electrons. The molecule has 5 heteroatoms. The van der Waals surface area contributed by atoms with E-state index in [0.29, 0.717) is 6.54 Å². The first-order valence-electron chi connectivity index (χ1n) is 6.43. The van der Waals surface area contributed by atoms with Gasteiger partial charge in [-0.3, -0.25) is 9.59 Å². The molecule has 0 unspecified atom stereocenters. The van der Waals surface area contributed by atoms with Crippen LogP contribution in [0.15, 0.2) is 0 Å². The molecule has 0 spiro atoms. The summed E-state index contributed by atoms with van der Waals surface area (Å²) in [7, 11) is 0. The van der Waals surface area contributed by atoms with E-state index in [1.807, 2.05) is 13.8 Å². The summed E-state index contributed by atoms with van der Waals surface area (Å²) in [6.45, 7) is 10.7. The average molecular weight is 257 g/mol. The Morgan fingerprint density at radius 1 is 1.17 bits per heavy atom. The van der Waals surface area contributed by atoms with Crippen molar-refractivity contribution < 1.29 is 9.59 Å². The number of hydrogen-bond donors (Lipinski definition) is 3. The lowest BCUT2D eigenvalue weighted by Crippen LogP contribution is -2.47. The highest BCUT2D eigenvalue weighted by molar-refractivity contribution is 5.87. The van der Waals surface area contributed by atoms with Gasteiger partial charge in [0.1, 0.15) is 0 Å². The van der Waals surface area contributed by atoms with Gasteiger partial charge in [-0.1, -0.05) is 34.6 Å².